The number of carbonyl (C=O) groups is 1. The molecule has 0 saturated heterocycles. The monoisotopic (exact) mass is 328 g/mol. The smallest absolute Gasteiger partial charge is 0.433 e. The second-order valence-corrected chi connectivity index (χ2v) is 6.07. The third-order valence-electron chi connectivity index (χ3n) is 1.72. The largest absolute Gasteiger partial charge is 0.459 e. The highest BCUT2D eigenvalue weighted by molar-refractivity contribution is 7.99. The van der Waals surface area contributed by atoms with E-state index in [9.17, 15) is 18.0 Å². The molecule has 0 aliphatic carbocycles. The SMILES string of the molecule is CC(C)(C)OC(=O)CSc1cc(C(F)(F)F)nc(Cl)n1. The molecular weight excluding hydrogens is 317 g/mol. The third kappa shape index (κ3) is 5.96. The van der Waals surface area contributed by atoms with Gasteiger partial charge in [0.2, 0.25) is 5.28 Å². The molecule has 0 aliphatic rings. The van der Waals surface area contributed by atoms with E-state index in [1.54, 1.807) is 20.8 Å². The lowest BCUT2D eigenvalue weighted by molar-refractivity contribution is -0.151. The van der Waals surface area contributed by atoms with Gasteiger partial charge < -0.3 is 4.74 Å². The molecular formula is C11H12ClF3N2O2S. The van der Waals surface area contributed by atoms with E-state index in [1.807, 2.05) is 0 Å². The van der Waals surface area contributed by atoms with Crippen LogP contribution in [0.4, 0.5) is 13.2 Å². The van der Waals surface area contributed by atoms with E-state index < -0.39 is 28.7 Å². The third-order valence-corrected chi connectivity index (χ3v) is 2.78. The predicted molar refractivity (Wildman–Crippen MR) is 68.6 cm³/mol. The van der Waals surface area contributed by atoms with Crippen LogP contribution < -0.4 is 0 Å². The van der Waals surface area contributed by atoms with Gasteiger partial charge in [-0.15, -0.1) is 0 Å². The van der Waals surface area contributed by atoms with Crippen LogP contribution in [0.25, 0.3) is 0 Å². The van der Waals surface area contributed by atoms with Crippen molar-refractivity contribution >= 4 is 29.3 Å². The minimum Gasteiger partial charge on any atom is -0.459 e. The quantitative estimate of drug-likeness (QED) is 0.367. The van der Waals surface area contributed by atoms with Gasteiger partial charge in [-0.1, -0.05) is 11.8 Å². The Balaban J connectivity index is 2.74. The summed E-state index contributed by atoms with van der Waals surface area (Å²) in [6.07, 6.45) is -4.62. The number of hydrogen-bond donors (Lipinski definition) is 0. The molecule has 0 unspecified atom stereocenters. The van der Waals surface area contributed by atoms with Gasteiger partial charge in [0.25, 0.3) is 0 Å². The van der Waals surface area contributed by atoms with Crippen LogP contribution in [0, 0.1) is 0 Å². The lowest BCUT2D eigenvalue weighted by atomic mass is 10.2. The van der Waals surface area contributed by atoms with Crippen molar-refractivity contribution in [1.29, 1.82) is 0 Å². The highest BCUT2D eigenvalue weighted by Crippen LogP contribution is 2.30. The second kappa shape index (κ2) is 6.17. The predicted octanol–water partition coefficient (Wildman–Crippen LogP) is 3.58. The number of nitrogens with zero attached hydrogens (tertiary/aromatic N) is 2. The van der Waals surface area contributed by atoms with E-state index in [1.165, 1.54) is 0 Å². The molecule has 1 rings (SSSR count). The van der Waals surface area contributed by atoms with Crippen molar-refractivity contribution < 1.29 is 22.7 Å². The molecule has 1 heterocycles. The van der Waals surface area contributed by atoms with Gasteiger partial charge in [-0.2, -0.15) is 13.2 Å². The van der Waals surface area contributed by atoms with Crippen molar-refractivity contribution in [2.24, 2.45) is 0 Å². The average molecular weight is 329 g/mol. The van der Waals surface area contributed by atoms with Crippen LogP contribution in [0.5, 0.6) is 0 Å². The first-order valence-corrected chi connectivity index (χ1v) is 6.80. The van der Waals surface area contributed by atoms with Crippen LogP contribution in [0.15, 0.2) is 11.1 Å². The standard InChI is InChI=1S/C11H12ClF3N2O2S/c1-10(2,3)19-8(18)5-20-7-4-6(11(13,14)15)16-9(12)17-7/h4H,5H2,1-3H3. The van der Waals surface area contributed by atoms with E-state index in [-0.39, 0.29) is 10.8 Å². The van der Waals surface area contributed by atoms with Gasteiger partial charge >= 0.3 is 12.1 Å². The molecule has 0 N–H and O–H groups in total. The second-order valence-electron chi connectivity index (χ2n) is 4.73. The molecule has 1 aromatic rings. The molecule has 112 valence electrons. The van der Waals surface area contributed by atoms with Crippen LogP contribution in [0.2, 0.25) is 5.28 Å². The summed E-state index contributed by atoms with van der Waals surface area (Å²) in [7, 11) is 0. The molecule has 0 fully saturated rings. The summed E-state index contributed by atoms with van der Waals surface area (Å²) in [5.41, 5.74) is -1.80. The number of esters is 1. The molecule has 0 saturated carbocycles. The Morgan fingerprint density at radius 2 is 1.95 bits per heavy atom. The number of ether oxygens (including phenoxy) is 1. The van der Waals surface area contributed by atoms with Gasteiger partial charge in [0.05, 0.1) is 5.75 Å². The van der Waals surface area contributed by atoms with Gasteiger partial charge in [0.15, 0.2) is 5.69 Å². The summed E-state index contributed by atoms with van der Waals surface area (Å²) in [5.74, 6) is -0.715. The van der Waals surface area contributed by atoms with Crippen LogP contribution in [0.3, 0.4) is 0 Å². The molecule has 1 aromatic heterocycles. The molecule has 20 heavy (non-hydrogen) atoms. The molecule has 0 spiro atoms. The Labute approximate surface area is 123 Å². The van der Waals surface area contributed by atoms with E-state index in [4.69, 9.17) is 16.3 Å². The van der Waals surface area contributed by atoms with Crippen LogP contribution >= 0.6 is 23.4 Å². The van der Waals surface area contributed by atoms with E-state index in [0.29, 0.717) is 0 Å². The lowest BCUT2D eigenvalue weighted by Crippen LogP contribution is -2.24. The highest BCUT2D eigenvalue weighted by atomic mass is 35.5. The maximum atomic E-state index is 12.5. The zero-order valence-corrected chi connectivity index (χ0v) is 12.5. The fraction of sp³-hybridized carbons (Fsp3) is 0.545. The van der Waals surface area contributed by atoms with Crippen LogP contribution in [0.1, 0.15) is 26.5 Å². The summed E-state index contributed by atoms with van der Waals surface area (Å²) >= 11 is 6.23. The van der Waals surface area contributed by atoms with Crippen molar-refractivity contribution in [3.8, 4) is 0 Å². The Hall–Kier alpha value is -1.02. The zero-order chi connectivity index (χ0) is 15.6. The number of alkyl halides is 3. The Morgan fingerprint density at radius 1 is 1.35 bits per heavy atom. The Morgan fingerprint density at radius 3 is 2.45 bits per heavy atom. The highest BCUT2D eigenvalue weighted by Gasteiger charge is 2.33. The number of thioether (sulfide) groups is 1. The van der Waals surface area contributed by atoms with Gasteiger partial charge in [0.1, 0.15) is 10.6 Å². The summed E-state index contributed by atoms with van der Waals surface area (Å²) in [6, 6.07) is 0.737. The van der Waals surface area contributed by atoms with E-state index in [0.717, 1.165) is 17.8 Å². The maximum absolute atomic E-state index is 12.5. The lowest BCUT2D eigenvalue weighted by Gasteiger charge is -2.19. The molecule has 4 nitrogen and oxygen atoms in total. The van der Waals surface area contributed by atoms with Crippen LogP contribution in [-0.4, -0.2) is 27.3 Å². The molecule has 0 aromatic carbocycles. The molecule has 0 radical (unpaired) electrons. The van der Waals surface area contributed by atoms with E-state index in [2.05, 4.69) is 9.97 Å². The molecule has 0 amide bonds. The Bertz CT molecular complexity index is 503. The topological polar surface area (TPSA) is 52.1 Å². The fourth-order valence-electron chi connectivity index (χ4n) is 1.12. The summed E-state index contributed by atoms with van der Waals surface area (Å²) < 4.78 is 42.6. The number of aromatic nitrogens is 2. The van der Waals surface area contributed by atoms with Crippen molar-refractivity contribution in [3.05, 3.63) is 17.0 Å². The van der Waals surface area contributed by atoms with Gasteiger partial charge in [-0.05, 0) is 32.4 Å². The summed E-state index contributed by atoms with van der Waals surface area (Å²) in [5, 5.41) is -0.560. The summed E-state index contributed by atoms with van der Waals surface area (Å²) in [4.78, 5) is 18.2. The minimum atomic E-state index is -4.62. The van der Waals surface area contributed by atoms with Gasteiger partial charge in [0, 0.05) is 6.07 Å². The normalized spacial score (nSPS) is 12.3. The maximum Gasteiger partial charge on any atom is 0.433 e. The summed E-state index contributed by atoms with van der Waals surface area (Å²) in [6.45, 7) is 5.08. The number of carbonyl (C=O) groups excluding carboxylic acids is 1. The van der Waals surface area contributed by atoms with E-state index >= 15 is 0 Å². The van der Waals surface area contributed by atoms with Gasteiger partial charge in [-0.3, -0.25) is 4.79 Å². The van der Waals surface area contributed by atoms with Crippen LogP contribution in [-0.2, 0) is 15.7 Å². The first kappa shape index (κ1) is 17.0. The average Bonchev–Trinajstić information content (AvgIpc) is 2.22. The fourth-order valence-corrected chi connectivity index (χ4v) is 2.02. The van der Waals surface area contributed by atoms with Crippen molar-refractivity contribution in [2.75, 3.05) is 5.75 Å². The zero-order valence-electron chi connectivity index (χ0n) is 10.9. The van der Waals surface area contributed by atoms with Gasteiger partial charge in [-0.25, -0.2) is 9.97 Å². The number of halogens is 4. The molecule has 0 atom stereocenters. The first-order chi connectivity index (χ1) is 8.97. The van der Waals surface area contributed by atoms with Crippen molar-refractivity contribution in [3.63, 3.8) is 0 Å². The molecule has 9 heteroatoms. The molecule has 0 bridgehead atoms. The number of hydrogen-bond acceptors (Lipinski definition) is 5. The van der Waals surface area contributed by atoms with Crippen molar-refractivity contribution in [1.82, 2.24) is 9.97 Å². The van der Waals surface area contributed by atoms with Crippen molar-refractivity contribution in [2.45, 2.75) is 37.6 Å². The Kier molecular flexibility index (Phi) is 5.26. The minimum absolute atomic E-state index is 0.0387. The number of rotatable bonds is 3. The first-order valence-electron chi connectivity index (χ1n) is 5.44. The molecule has 0 aliphatic heterocycles.